The molecule has 0 radical (unpaired) electrons. The molecule has 7 heteroatoms. The van der Waals surface area contributed by atoms with E-state index in [9.17, 15) is 14.9 Å². The number of aromatic nitrogens is 2. The molecule has 0 atom stereocenters. The Morgan fingerprint density at radius 2 is 2.26 bits per heavy atom. The van der Waals surface area contributed by atoms with Crippen LogP contribution in [0.1, 0.15) is 5.56 Å². The molecule has 1 aromatic heterocycles. The van der Waals surface area contributed by atoms with Crippen molar-refractivity contribution in [3.63, 3.8) is 0 Å². The summed E-state index contributed by atoms with van der Waals surface area (Å²) in [5.74, 6) is -1.17. The number of carboxylic acid groups (broad SMARTS) is 1. The Balaban J connectivity index is 2.50. The van der Waals surface area contributed by atoms with Crippen molar-refractivity contribution in [2.24, 2.45) is 0 Å². The monoisotopic (exact) mass is 259 g/mol. The molecule has 7 nitrogen and oxygen atoms in total. The Hall–Kier alpha value is -2.96. The van der Waals surface area contributed by atoms with Crippen LogP contribution < -0.4 is 0 Å². The van der Waals surface area contributed by atoms with Gasteiger partial charge in [0.2, 0.25) is 0 Å². The van der Waals surface area contributed by atoms with E-state index in [0.29, 0.717) is 5.69 Å². The van der Waals surface area contributed by atoms with Gasteiger partial charge in [0.25, 0.3) is 5.69 Å². The van der Waals surface area contributed by atoms with Gasteiger partial charge in [-0.1, -0.05) is 0 Å². The molecule has 0 aliphatic heterocycles. The molecule has 2 rings (SSSR count). The molecule has 0 saturated heterocycles. The van der Waals surface area contributed by atoms with Gasteiger partial charge in [0, 0.05) is 24.5 Å². The molecule has 0 aliphatic rings. The van der Waals surface area contributed by atoms with Crippen LogP contribution >= 0.6 is 0 Å². The minimum absolute atomic E-state index is 0.159. The highest BCUT2D eigenvalue weighted by Gasteiger charge is 2.13. The maximum absolute atomic E-state index is 10.9. The molecule has 0 fully saturated rings. The van der Waals surface area contributed by atoms with Crippen molar-refractivity contribution in [3.8, 4) is 5.69 Å². The first-order valence-corrected chi connectivity index (χ1v) is 5.27. The van der Waals surface area contributed by atoms with E-state index in [1.54, 1.807) is 24.5 Å². The third kappa shape index (κ3) is 2.83. The summed E-state index contributed by atoms with van der Waals surface area (Å²) in [5.41, 5.74) is 0.662. The lowest BCUT2D eigenvalue weighted by Crippen LogP contribution is -1.98. The van der Waals surface area contributed by atoms with E-state index in [-0.39, 0.29) is 11.3 Å². The molecule has 19 heavy (non-hydrogen) atoms. The van der Waals surface area contributed by atoms with Gasteiger partial charge < -0.3 is 5.11 Å². The first kappa shape index (κ1) is 12.5. The first-order chi connectivity index (χ1) is 9.08. The molecule has 2 aromatic rings. The van der Waals surface area contributed by atoms with Gasteiger partial charge >= 0.3 is 5.97 Å². The fourth-order valence-corrected chi connectivity index (χ4v) is 1.57. The number of hydrogen-bond donors (Lipinski definition) is 1. The predicted octanol–water partition coefficient (Wildman–Crippen LogP) is 1.88. The van der Waals surface area contributed by atoms with E-state index in [2.05, 4.69) is 5.10 Å². The van der Waals surface area contributed by atoms with E-state index in [0.717, 1.165) is 6.08 Å². The van der Waals surface area contributed by atoms with Gasteiger partial charge in [0.05, 0.1) is 16.2 Å². The summed E-state index contributed by atoms with van der Waals surface area (Å²) < 4.78 is 1.53. The number of carboxylic acids is 1. The number of nitro benzene ring substituents is 1. The molecular formula is C12H9N3O4. The van der Waals surface area contributed by atoms with Gasteiger partial charge in [-0.25, -0.2) is 9.48 Å². The molecule has 1 heterocycles. The van der Waals surface area contributed by atoms with Crippen LogP contribution in [-0.2, 0) is 4.79 Å². The van der Waals surface area contributed by atoms with Crippen molar-refractivity contribution >= 4 is 17.7 Å². The van der Waals surface area contributed by atoms with E-state index < -0.39 is 10.9 Å². The summed E-state index contributed by atoms with van der Waals surface area (Å²) in [4.78, 5) is 20.8. The van der Waals surface area contributed by atoms with Crippen LogP contribution in [0.2, 0.25) is 0 Å². The zero-order valence-electron chi connectivity index (χ0n) is 9.63. The minimum atomic E-state index is -1.17. The summed E-state index contributed by atoms with van der Waals surface area (Å²) in [6.45, 7) is 0. The lowest BCUT2D eigenvalue weighted by atomic mass is 10.1. The quantitative estimate of drug-likeness (QED) is 0.513. The Kier molecular flexibility index (Phi) is 3.37. The fourth-order valence-electron chi connectivity index (χ4n) is 1.57. The van der Waals surface area contributed by atoms with Crippen molar-refractivity contribution in [1.82, 2.24) is 9.78 Å². The average Bonchev–Trinajstić information content (AvgIpc) is 2.89. The van der Waals surface area contributed by atoms with Gasteiger partial charge in [-0.05, 0) is 24.3 Å². The summed E-state index contributed by atoms with van der Waals surface area (Å²) in [6.07, 6.45) is 5.31. The van der Waals surface area contributed by atoms with Gasteiger partial charge in [-0.3, -0.25) is 10.1 Å². The zero-order chi connectivity index (χ0) is 13.8. The standard InChI is InChI=1S/C12H9N3O4/c16-12(17)5-2-9-8-10(14-7-1-6-13-14)3-4-11(9)15(18)19/h1-8H,(H,16,17)/b5-2+. The molecule has 1 aromatic carbocycles. The Labute approximate surface area is 107 Å². The highest BCUT2D eigenvalue weighted by Crippen LogP contribution is 2.23. The summed E-state index contributed by atoms with van der Waals surface area (Å²) in [6, 6.07) is 6.08. The average molecular weight is 259 g/mol. The van der Waals surface area contributed by atoms with Crippen LogP contribution in [0, 0.1) is 10.1 Å². The third-order valence-electron chi connectivity index (χ3n) is 2.38. The second-order valence-corrected chi connectivity index (χ2v) is 3.62. The van der Waals surface area contributed by atoms with Crippen LogP contribution in [-0.4, -0.2) is 25.8 Å². The van der Waals surface area contributed by atoms with E-state index in [1.165, 1.54) is 22.9 Å². The van der Waals surface area contributed by atoms with Crippen molar-refractivity contribution in [3.05, 3.63) is 58.4 Å². The Morgan fingerprint density at radius 3 is 2.84 bits per heavy atom. The van der Waals surface area contributed by atoms with Gasteiger partial charge in [-0.15, -0.1) is 0 Å². The number of rotatable bonds is 4. The summed E-state index contributed by atoms with van der Waals surface area (Å²) >= 11 is 0. The predicted molar refractivity (Wildman–Crippen MR) is 66.9 cm³/mol. The first-order valence-electron chi connectivity index (χ1n) is 5.27. The van der Waals surface area contributed by atoms with Crippen LogP contribution in [0.25, 0.3) is 11.8 Å². The molecular weight excluding hydrogens is 250 g/mol. The maximum atomic E-state index is 10.9. The van der Waals surface area contributed by atoms with Crippen LogP contribution in [0.3, 0.4) is 0 Å². The Bertz CT molecular complexity index is 647. The highest BCUT2D eigenvalue weighted by atomic mass is 16.6. The minimum Gasteiger partial charge on any atom is -0.478 e. The highest BCUT2D eigenvalue weighted by molar-refractivity contribution is 5.86. The van der Waals surface area contributed by atoms with Crippen molar-refractivity contribution in [1.29, 1.82) is 0 Å². The number of carbonyl (C=O) groups is 1. The molecule has 0 saturated carbocycles. The Morgan fingerprint density at radius 1 is 1.47 bits per heavy atom. The van der Waals surface area contributed by atoms with E-state index >= 15 is 0 Å². The smallest absolute Gasteiger partial charge is 0.328 e. The topological polar surface area (TPSA) is 98.3 Å². The molecule has 0 unspecified atom stereocenters. The van der Waals surface area contributed by atoms with Crippen LogP contribution in [0.4, 0.5) is 5.69 Å². The molecule has 96 valence electrons. The number of benzene rings is 1. The zero-order valence-corrected chi connectivity index (χ0v) is 9.63. The number of aliphatic carboxylic acids is 1. The number of nitrogens with zero attached hydrogens (tertiary/aromatic N) is 3. The second-order valence-electron chi connectivity index (χ2n) is 3.62. The van der Waals surface area contributed by atoms with Crippen molar-refractivity contribution in [2.75, 3.05) is 0 Å². The molecule has 0 amide bonds. The lowest BCUT2D eigenvalue weighted by molar-refractivity contribution is -0.385. The normalized spacial score (nSPS) is 10.7. The molecule has 1 N–H and O–H groups in total. The van der Waals surface area contributed by atoms with Crippen molar-refractivity contribution < 1.29 is 14.8 Å². The van der Waals surface area contributed by atoms with Gasteiger partial charge in [0.1, 0.15) is 0 Å². The maximum Gasteiger partial charge on any atom is 0.328 e. The summed E-state index contributed by atoms with van der Waals surface area (Å²) in [5, 5.41) is 23.5. The number of nitro groups is 1. The number of hydrogen-bond acceptors (Lipinski definition) is 4. The van der Waals surface area contributed by atoms with Gasteiger partial charge in [0.15, 0.2) is 0 Å². The lowest BCUT2D eigenvalue weighted by Gasteiger charge is -2.03. The molecule has 0 spiro atoms. The second kappa shape index (κ2) is 5.13. The SMILES string of the molecule is O=C(O)/C=C/c1cc(-n2cccn2)ccc1[N+](=O)[O-]. The van der Waals surface area contributed by atoms with Gasteiger partial charge in [-0.2, -0.15) is 5.10 Å². The summed E-state index contributed by atoms with van der Waals surface area (Å²) in [7, 11) is 0. The van der Waals surface area contributed by atoms with Crippen LogP contribution in [0.15, 0.2) is 42.7 Å². The largest absolute Gasteiger partial charge is 0.478 e. The third-order valence-corrected chi connectivity index (χ3v) is 2.38. The van der Waals surface area contributed by atoms with E-state index in [4.69, 9.17) is 5.11 Å². The molecule has 0 aliphatic carbocycles. The van der Waals surface area contributed by atoms with Crippen LogP contribution in [0.5, 0.6) is 0 Å². The fraction of sp³-hybridized carbons (Fsp3) is 0. The van der Waals surface area contributed by atoms with E-state index in [1.807, 2.05) is 0 Å². The van der Waals surface area contributed by atoms with Crippen molar-refractivity contribution in [2.45, 2.75) is 0 Å². The molecule has 0 bridgehead atoms.